The zero-order chi connectivity index (χ0) is 20.4. The van der Waals surface area contributed by atoms with Crippen LogP contribution < -0.4 is 5.32 Å². The minimum Gasteiger partial charge on any atom is -0.341 e. The van der Waals surface area contributed by atoms with Crippen molar-refractivity contribution in [2.24, 2.45) is 7.05 Å². The summed E-state index contributed by atoms with van der Waals surface area (Å²) >= 11 is 1.19. The van der Waals surface area contributed by atoms with Crippen LogP contribution in [-0.4, -0.2) is 37.2 Å². The van der Waals surface area contributed by atoms with Crippen LogP contribution in [0.15, 0.2) is 59.8 Å². The Bertz CT molecular complexity index is 1210. The van der Waals surface area contributed by atoms with Gasteiger partial charge in [-0.15, -0.1) is 10.2 Å². The second-order valence-corrected chi connectivity index (χ2v) is 7.60. The number of carbonyl (C=O) groups excluding carboxylic acids is 2. The molecular formula is C21H19N5O2S. The summed E-state index contributed by atoms with van der Waals surface area (Å²) in [5.41, 5.74) is 3.23. The molecule has 1 amide bonds. The van der Waals surface area contributed by atoms with Crippen LogP contribution in [-0.2, 0) is 16.6 Å². The fourth-order valence-electron chi connectivity index (χ4n) is 3.25. The molecule has 1 atom stereocenters. The number of thioether (sulfide) groups is 1. The summed E-state index contributed by atoms with van der Waals surface area (Å²) in [7, 11) is 1.93. The number of rotatable bonds is 6. The molecule has 0 spiro atoms. The summed E-state index contributed by atoms with van der Waals surface area (Å²) in [5, 5.41) is 12.7. The number of aromatic nitrogens is 4. The Kier molecular flexibility index (Phi) is 5.26. The highest BCUT2D eigenvalue weighted by Gasteiger charge is 2.19. The lowest BCUT2D eigenvalue weighted by molar-refractivity contribution is -0.125. The van der Waals surface area contributed by atoms with Crippen molar-refractivity contribution in [3.8, 4) is 0 Å². The number of carbonyl (C=O) groups is 2. The average molecular weight is 405 g/mol. The molecule has 0 aliphatic carbocycles. The Hall–Kier alpha value is -3.26. The summed E-state index contributed by atoms with van der Waals surface area (Å²) in [6.45, 7) is 1.46. The van der Waals surface area contributed by atoms with Crippen molar-refractivity contribution in [3.63, 3.8) is 0 Å². The first-order valence-electron chi connectivity index (χ1n) is 9.10. The lowest BCUT2D eigenvalue weighted by Gasteiger charge is -2.16. The first-order chi connectivity index (χ1) is 14.0. The zero-order valence-electron chi connectivity index (χ0n) is 16.0. The third-order valence-electron chi connectivity index (χ3n) is 4.66. The first kappa shape index (κ1) is 19.1. The van der Waals surface area contributed by atoms with Gasteiger partial charge in [0, 0.05) is 12.4 Å². The topological polar surface area (TPSA) is 89.8 Å². The summed E-state index contributed by atoms with van der Waals surface area (Å²) in [5.74, 6) is -0.294. The van der Waals surface area contributed by atoms with Crippen LogP contribution in [0.1, 0.15) is 18.5 Å². The highest BCUT2D eigenvalue weighted by atomic mass is 32.2. The highest BCUT2D eigenvalue weighted by molar-refractivity contribution is 7.99. The van der Waals surface area contributed by atoms with E-state index in [0.29, 0.717) is 5.16 Å². The average Bonchev–Trinajstić information content (AvgIpc) is 3.03. The van der Waals surface area contributed by atoms with Crippen LogP contribution in [0.2, 0.25) is 0 Å². The number of amides is 1. The molecule has 1 unspecified atom stereocenters. The SMILES string of the molecule is CC(=O)C(NC(=O)CSc1nnc2c3ccccc3n(C)c2n1)c1ccccc1. The molecule has 1 N–H and O–H groups in total. The van der Waals surface area contributed by atoms with E-state index in [0.717, 1.165) is 27.6 Å². The molecule has 0 aliphatic heterocycles. The van der Waals surface area contributed by atoms with Gasteiger partial charge in [0.05, 0.1) is 11.3 Å². The number of para-hydroxylation sites is 1. The van der Waals surface area contributed by atoms with E-state index >= 15 is 0 Å². The van der Waals surface area contributed by atoms with E-state index in [2.05, 4.69) is 20.5 Å². The Labute approximate surface area is 171 Å². The van der Waals surface area contributed by atoms with Gasteiger partial charge in [-0.25, -0.2) is 4.98 Å². The molecule has 0 bridgehead atoms. The van der Waals surface area contributed by atoms with Crippen molar-refractivity contribution in [2.75, 3.05) is 5.75 Å². The first-order valence-corrected chi connectivity index (χ1v) is 10.1. The molecule has 0 fully saturated rings. The van der Waals surface area contributed by atoms with Crippen molar-refractivity contribution in [1.82, 2.24) is 25.1 Å². The maximum absolute atomic E-state index is 12.4. The Morgan fingerprint density at radius 2 is 1.79 bits per heavy atom. The molecular weight excluding hydrogens is 386 g/mol. The Morgan fingerprint density at radius 1 is 1.07 bits per heavy atom. The molecule has 146 valence electrons. The molecule has 2 heterocycles. The quantitative estimate of drug-likeness (QED) is 0.496. The second kappa shape index (κ2) is 8.00. The summed E-state index contributed by atoms with van der Waals surface area (Å²) < 4.78 is 1.96. The van der Waals surface area contributed by atoms with Gasteiger partial charge in [0.25, 0.3) is 0 Å². The van der Waals surface area contributed by atoms with Crippen LogP contribution in [0.25, 0.3) is 22.1 Å². The van der Waals surface area contributed by atoms with Crippen molar-refractivity contribution < 1.29 is 9.59 Å². The standard InChI is InChI=1S/C21H19N5O2S/c1-13(27)18(14-8-4-3-5-9-14)22-17(28)12-29-21-23-20-19(24-25-21)15-10-6-7-11-16(15)26(20)2/h3-11,18H,12H2,1-2H3,(H,22,28). The number of benzene rings is 2. The predicted octanol–water partition coefficient (Wildman–Crippen LogP) is 3.06. The lowest BCUT2D eigenvalue weighted by Crippen LogP contribution is -2.33. The van der Waals surface area contributed by atoms with Gasteiger partial charge in [0.2, 0.25) is 11.1 Å². The van der Waals surface area contributed by atoms with E-state index in [9.17, 15) is 9.59 Å². The normalized spacial score (nSPS) is 12.2. The Balaban J connectivity index is 1.49. The van der Waals surface area contributed by atoms with Gasteiger partial charge in [-0.1, -0.05) is 60.3 Å². The van der Waals surface area contributed by atoms with Crippen LogP contribution in [0.3, 0.4) is 0 Å². The smallest absolute Gasteiger partial charge is 0.231 e. The van der Waals surface area contributed by atoms with Crippen LogP contribution in [0.5, 0.6) is 0 Å². The van der Waals surface area contributed by atoms with Gasteiger partial charge in [0.15, 0.2) is 11.4 Å². The monoisotopic (exact) mass is 405 g/mol. The van der Waals surface area contributed by atoms with E-state index < -0.39 is 6.04 Å². The summed E-state index contributed by atoms with van der Waals surface area (Å²) in [4.78, 5) is 28.9. The molecule has 4 rings (SSSR count). The van der Waals surface area contributed by atoms with Crippen LogP contribution >= 0.6 is 11.8 Å². The number of hydrogen-bond acceptors (Lipinski definition) is 6. The summed E-state index contributed by atoms with van der Waals surface area (Å²) in [6, 6.07) is 16.4. The fourth-order valence-corrected chi connectivity index (χ4v) is 3.84. The van der Waals surface area contributed by atoms with Gasteiger partial charge >= 0.3 is 0 Å². The number of nitrogens with one attached hydrogen (secondary N) is 1. The molecule has 0 saturated heterocycles. The van der Waals surface area contributed by atoms with Gasteiger partial charge in [-0.3, -0.25) is 9.59 Å². The highest BCUT2D eigenvalue weighted by Crippen LogP contribution is 2.26. The largest absolute Gasteiger partial charge is 0.341 e. The number of hydrogen-bond donors (Lipinski definition) is 1. The van der Waals surface area contributed by atoms with E-state index in [4.69, 9.17) is 0 Å². The number of ketones is 1. The molecule has 0 radical (unpaired) electrons. The molecule has 7 nitrogen and oxygen atoms in total. The number of aryl methyl sites for hydroxylation is 1. The lowest BCUT2D eigenvalue weighted by atomic mass is 10.0. The molecule has 8 heteroatoms. The van der Waals surface area contributed by atoms with Crippen molar-refractivity contribution >= 4 is 45.5 Å². The summed E-state index contributed by atoms with van der Waals surface area (Å²) in [6.07, 6.45) is 0. The van der Waals surface area contributed by atoms with E-state index in [1.54, 1.807) is 0 Å². The molecule has 29 heavy (non-hydrogen) atoms. The van der Waals surface area contributed by atoms with Gasteiger partial charge < -0.3 is 9.88 Å². The molecule has 0 saturated carbocycles. The third-order valence-corrected chi connectivity index (χ3v) is 5.50. The molecule has 2 aromatic heterocycles. The predicted molar refractivity (Wildman–Crippen MR) is 113 cm³/mol. The second-order valence-electron chi connectivity index (χ2n) is 6.65. The maximum Gasteiger partial charge on any atom is 0.231 e. The minimum absolute atomic E-state index is 0.0910. The minimum atomic E-state index is -0.663. The van der Waals surface area contributed by atoms with Crippen molar-refractivity contribution in [3.05, 3.63) is 60.2 Å². The fraction of sp³-hybridized carbons (Fsp3) is 0.190. The Morgan fingerprint density at radius 3 is 2.55 bits per heavy atom. The third kappa shape index (κ3) is 3.84. The molecule has 2 aromatic carbocycles. The van der Waals surface area contributed by atoms with E-state index in [1.807, 2.05) is 66.2 Å². The number of fused-ring (bicyclic) bond motifs is 3. The number of Topliss-reactive ketones (excluding diaryl/α,β-unsaturated/α-hetero) is 1. The van der Waals surface area contributed by atoms with Crippen molar-refractivity contribution in [1.29, 1.82) is 0 Å². The maximum atomic E-state index is 12.4. The van der Waals surface area contributed by atoms with Crippen LogP contribution in [0.4, 0.5) is 0 Å². The van der Waals surface area contributed by atoms with E-state index in [1.165, 1.54) is 18.7 Å². The molecule has 4 aromatic rings. The van der Waals surface area contributed by atoms with Gasteiger partial charge in [-0.05, 0) is 18.6 Å². The van der Waals surface area contributed by atoms with Crippen LogP contribution in [0, 0.1) is 0 Å². The number of nitrogens with zero attached hydrogens (tertiary/aromatic N) is 4. The molecule has 0 aliphatic rings. The van der Waals surface area contributed by atoms with E-state index in [-0.39, 0.29) is 17.4 Å². The zero-order valence-corrected chi connectivity index (χ0v) is 16.8. The van der Waals surface area contributed by atoms with Gasteiger partial charge in [0.1, 0.15) is 11.6 Å². The van der Waals surface area contributed by atoms with Crippen molar-refractivity contribution in [2.45, 2.75) is 18.1 Å². The van der Waals surface area contributed by atoms with Gasteiger partial charge in [-0.2, -0.15) is 0 Å².